The standard InChI is InChI=1S/C11H14O/c1-7-3-4-10-9(5-7)6-8(2)11(10)12/h3-5,8,11-12H,6H2,1-2H3. The van der Waals surface area contributed by atoms with Crippen molar-refractivity contribution in [2.45, 2.75) is 26.4 Å². The second-order valence-corrected chi connectivity index (χ2v) is 3.83. The average Bonchev–Trinajstić information content (AvgIpc) is 2.28. The van der Waals surface area contributed by atoms with E-state index in [1.807, 2.05) is 0 Å². The Balaban J connectivity index is 2.47. The topological polar surface area (TPSA) is 20.2 Å². The molecule has 0 spiro atoms. The van der Waals surface area contributed by atoms with Gasteiger partial charge in [0.05, 0.1) is 6.10 Å². The zero-order chi connectivity index (χ0) is 8.72. The van der Waals surface area contributed by atoms with Crippen LogP contribution in [-0.2, 0) is 6.42 Å². The van der Waals surface area contributed by atoms with E-state index < -0.39 is 0 Å². The molecule has 2 atom stereocenters. The van der Waals surface area contributed by atoms with E-state index in [0.29, 0.717) is 5.92 Å². The molecule has 0 heterocycles. The van der Waals surface area contributed by atoms with Crippen LogP contribution in [0, 0.1) is 12.8 Å². The van der Waals surface area contributed by atoms with Crippen molar-refractivity contribution in [2.24, 2.45) is 5.92 Å². The molecule has 2 rings (SSSR count). The summed E-state index contributed by atoms with van der Waals surface area (Å²) in [5.74, 6) is 0.391. The van der Waals surface area contributed by atoms with Crippen LogP contribution in [0.1, 0.15) is 29.7 Å². The largest absolute Gasteiger partial charge is 0.388 e. The first kappa shape index (κ1) is 7.81. The van der Waals surface area contributed by atoms with E-state index in [-0.39, 0.29) is 6.10 Å². The van der Waals surface area contributed by atoms with Gasteiger partial charge < -0.3 is 5.11 Å². The van der Waals surface area contributed by atoms with Crippen molar-refractivity contribution in [1.29, 1.82) is 0 Å². The van der Waals surface area contributed by atoms with Gasteiger partial charge in [-0.2, -0.15) is 0 Å². The fourth-order valence-electron chi connectivity index (χ4n) is 1.96. The van der Waals surface area contributed by atoms with Crippen LogP contribution in [0.15, 0.2) is 18.2 Å². The predicted molar refractivity (Wildman–Crippen MR) is 49.0 cm³/mol. The van der Waals surface area contributed by atoms with Crippen molar-refractivity contribution in [1.82, 2.24) is 0 Å². The molecule has 1 N–H and O–H groups in total. The normalized spacial score (nSPS) is 27.2. The molecule has 0 radical (unpaired) electrons. The Labute approximate surface area is 73.0 Å². The minimum Gasteiger partial charge on any atom is -0.388 e. The maximum atomic E-state index is 9.74. The van der Waals surface area contributed by atoms with Gasteiger partial charge in [-0.15, -0.1) is 0 Å². The lowest BCUT2D eigenvalue weighted by molar-refractivity contribution is 0.133. The van der Waals surface area contributed by atoms with Gasteiger partial charge in [-0.1, -0.05) is 30.7 Å². The van der Waals surface area contributed by atoms with Crippen molar-refractivity contribution in [2.75, 3.05) is 0 Å². The number of benzene rings is 1. The van der Waals surface area contributed by atoms with Crippen LogP contribution in [0.25, 0.3) is 0 Å². The van der Waals surface area contributed by atoms with Crippen molar-refractivity contribution < 1.29 is 5.11 Å². The summed E-state index contributed by atoms with van der Waals surface area (Å²) in [7, 11) is 0. The lowest BCUT2D eigenvalue weighted by Crippen LogP contribution is -2.00. The summed E-state index contributed by atoms with van der Waals surface area (Å²) in [5.41, 5.74) is 3.75. The van der Waals surface area contributed by atoms with Crippen molar-refractivity contribution in [3.8, 4) is 0 Å². The van der Waals surface area contributed by atoms with Gasteiger partial charge in [0.15, 0.2) is 0 Å². The molecule has 0 saturated carbocycles. The number of hydrogen-bond donors (Lipinski definition) is 1. The molecule has 64 valence electrons. The van der Waals surface area contributed by atoms with Crippen molar-refractivity contribution in [3.05, 3.63) is 34.9 Å². The fraction of sp³-hybridized carbons (Fsp3) is 0.455. The molecule has 2 unspecified atom stereocenters. The summed E-state index contributed by atoms with van der Waals surface area (Å²) in [6.07, 6.45) is 0.790. The number of aryl methyl sites for hydroxylation is 1. The minimum atomic E-state index is -0.236. The molecular formula is C11H14O. The molecule has 0 aromatic heterocycles. The van der Waals surface area contributed by atoms with E-state index in [4.69, 9.17) is 0 Å². The Morgan fingerprint density at radius 3 is 2.92 bits per heavy atom. The monoisotopic (exact) mass is 162 g/mol. The Morgan fingerprint density at radius 1 is 1.42 bits per heavy atom. The molecule has 0 saturated heterocycles. The van der Waals surface area contributed by atoms with Crippen molar-refractivity contribution in [3.63, 3.8) is 0 Å². The third kappa shape index (κ3) is 1.05. The van der Waals surface area contributed by atoms with Crippen LogP contribution in [0.4, 0.5) is 0 Å². The second kappa shape index (κ2) is 2.60. The Morgan fingerprint density at radius 2 is 2.17 bits per heavy atom. The van der Waals surface area contributed by atoms with Crippen LogP contribution in [0.5, 0.6) is 0 Å². The molecule has 1 aliphatic rings. The number of hydrogen-bond acceptors (Lipinski definition) is 1. The molecule has 1 nitrogen and oxygen atoms in total. The Bertz CT molecular complexity index is 304. The second-order valence-electron chi connectivity index (χ2n) is 3.83. The van der Waals surface area contributed by atoms with Gasteiger partial charge in [-0.05, 0) is 30.4 Å². The van der Waals surface area contributed by atoms with Gasteiger partial charge in [-0.3, -0.25) is 0 Å². The van der Waals surface area contributed by atoms with Crippen LogP contribution in [0.2, 0.25) is 0 Å². The summed E-state index contributed by atoms with van der Waals surface area (Å²) in [6, 6.07) is 6.31. The zero-order valence-corrected chi connectivity index (χ0v) is 7.54. The fourth-order valence-corrected chi connectivity index (χ4v) is 1.96. The predicted octanol–water partition coefficient (Wildman–Crippen LogP) is 2.22. The van der Waals surface area contributed by atoms with Gasteiger partial charge in [0.25, 0.3) is 0 Å². The maximum Gasteiger partial charge on any atom is 0.0821 e. The van der Waals surface area contributed by atoms with Crippen LogP contribution in [-0.4, -0.2) is 5.11 Å². The van der Waals surface area contributed by atoms with E-state index in [1.54, 1.807) is 0 Å². The molecule has 1 aromatic carbocycles. The van der Waals surface area contributed by atoms with E-state index in [1.165, 1.54) is 11.1 Å². The van der Waals surface area contributed by atoms with E-state index in [0.717, 1.165) is 12.0 Å². The van der Waals surface area contributed by atoms with E-state index in [9.17, 15) is 5.11 Å². The number of aliphatic hydroxyl groups is 1. The van der Waals surface area contributed by atoms with Crippen molar-refractivity contribution >= 4 is 0 Å². The first-order valence-electron chi connectivity index (χ1n) is 4.46. The van der Waals surface area contributed by atoms with Gasteiger partial charge in [-0.25, -0.2) is 0 Å². The zero-order valence-electron chi connectivity index (χ0n) is 7.54. The minimum absolute atomic E-state index is 0.236. The SMILES string of the molecule is Cc1ccc2c(c1)CC(C)C2O. The lowest BCUT2D eigenvalue weighted by Gasteiger charge is -2.07. The van der Waals surface area contributed by atoms with Gasteiger partial charge in [0.2, 0.25) is 0 Å². The smallest absolute Gasteiger partial charge is 0.0821 e. The highest BCUT2D eigenvalue weighted by Gasteiger charge is 2.26. The lowest BCUT2D eigenvalue weighted by atomic mass is 10.1. The number of rotatable bonds is 0. The van der Waals surface area contributed by atoms with Gasteiger partial charge in [0.1, 0.15) is 0 Å². The Kier molecular flexibility index (Phi) is 1.69. The average molecular weight is 162 g/mol. The molecule has 1 aromatic rings. The van der Waals surface area contributed by atoms with Crippen LogP contribution >= 0.6 is 0 Å². The van der Waals surface area contributed by atoms with E-state index >= 15 is 0 Å². The molecule has 1 heteroatoms. The number of fused-ring (bicyclic) bond motifs is 1. The number of aliphatic hydroxyl groups excluding tert-OH is 1. The summed E-state index contributed by atoms with van der Waals surface area (Å²) in [4.78, 5) is 0. The highest BCUT2D eigenvalue weighted by Crippen LogP contribution is 2.35. The van der Waals surface area contributed by atoms with Gasteiger partial charge >= 0.3 is 0 Å². The molecule has 0 fully saturated rings. The first-order valence-corrected chi connectivity index (χ1v) is 4.46. The van der Waals surface area contributed by atoms with E-state index in [2.05, 4.69) is 32.0 Å². The molecular weight excluding hydrogens is 148 g/mol. The van der Waals surface area contributed by atoms with Crippen LogP contribution in [0.3, 0.4) is 0 Å². The van der Waals surface area contributed by atoms with Gasteiger partial charge in [0, 0.05) is 0 Å². The molecule has 1 aliphatic carbocycles. The molecule has 0 aliphatic heterocycles. The highest BCUT2D eigenvalue weighted by molar-refractivity contribution is 5.37. The maximum absolute atomic E-state index is 9.74. The highest BCUT2D eigenvalue weighted by atomic mass is 16.3. The third-order valence-corrected chi connectivity index (χ3v) is 2.70. The van der Waals surface area contributed by atoms with Crippen LogP contribution < -0.4 is 0 Å². The molecule has 0 amide bonds. The quantitative estimate of drug-likeness (QED) is 0.620. The summed E-state index contributed by atoms with van der Waals surface area (Å²) < 4.78 is 0. The summed E-state index contributed by atoms with van der Waals surface area (Å²) in [5, 5.41) is 9.74. The molecule has 0 bridgehead atoms. The molecule has 12 heavy (non-hydrogen) atoms. The Hall–Kier alpha value is -0.820. The summed E-state index contributed by atoms with van der Waals surface area (Å²) >= 11 is 0. The third-order valence-electron chi connectivity index (χ3n) is 2.70. The summed E-state index contributed by atoms with van der Waals surface area (Å²) in [6.45, 7) is 4.19. The first-order chi connectivity index (χ1) is 5.68.